The molecule has 0 spiro atoms. The zero-order chi connectivity index (χ0) is 24.1. The summed E-state index contributed by atoms with van der Waals surface area (Å²) in [5.41, 5.74) is 0. The van der Waals surface area contributed by atoms with Crippen LogP contribution in [0.5, 0.6) is 0 Å². The number of aliphatic hydroxyl groups is 1. The van der Waals surface area contributed by atoms with Crippen LogP contribution in [0.2, 0.25) is 0 Å². The number of aliphatic hydroxyl groups excluding tert-OH is 1. The number of esters is 1. The first-order valence-electron chi connectivity index (χ1n) is 12.5. The molecule has 3 fully saturated rings. The van der Waals surface area contributed by atoms with Crippen molar-refractivity contribution in [1.82, 2.24) is 15.5 Å². The van der Waals surface area contributed by atoms with Crippen molar-refractivity contribution in [3.63, 3.8) is 0 Å². The number of rotatable bonds is 11. The van der Waals surface area contributed by atoms with Crippen molar-refractivity contribution < 1.29 is 29.0 Å². The normalized spacial score (nSPS) is 28.1. The Morgan fingerprint density at radius 3 is 2.71 bits per heavy atom. The van der Waals surface area contributed by atoms with Gasteiger partial charge in [-0.15, -0.1) is 0 Å². The van der Waals surface area contributed by atoms with Crippen LogP contribution in [-0.2, 0) is 23.9 Å². The van der Waals surface area contributed by atoms with E-state index >= 15 is 0 Å². The standard InChI is InChI=1S/C24H38IN3O6/c1-33-24(32)19-12-18(34-10-6-5-9-29)15-28(19)23(31)22(16-7-3-2-4-8-16)27-21(30)11-17-14-26-20-13-25(17)20/h14,16,18-20,22,26,29H,2-13,15H2,1H3,(H,27,30)/t18?,19-,20?,22?/m0/s1. The van der Waals surface area contributed by atoms with E-state index in [0.717, 1.165) is 38.5 Å². The van der Waals surface area contributed by atoms with E-state index in [0.29, 0.717) is 36.5 Å². The van der Waals surface area contributed by atoms with Gasteiger partial charge in [0.25, 0.3) is 0 Å². The number of methoxy groups -OCH3 is 1. The summed E-state index contributed by atoms with van der Waals surface area (Å²) in [7, 11) is 1.33. The molecule has 3 aliphatic heterocycles. The first-order valence-corrected chi connectivity index (χ1v) is 16.4. The number of amides is 2. The zero-order valence-corrected chi connectivity index (χ0v) is 22.1. The molecule has 1 saturated carbocycles. The van der Waals surface area contributed by atoms with Crippen LogP contribution < -0.4 is 10.6 Å². The number of halogens is 1. The van der Waals surface area contributed by atoms with Crippen molar-refractivity contribution in [3.8, 4) is 0 Å². The van der Waals surface area contributed by atoms with Gasteiger partial charge < -0.3 is 5.11 Å². The quantitative estimate of drug-likeness (QED) is 0.110. The van der Waals surface area contributed by atoms with E-state index in [-0.39, 0.29) is 30.4 Å². The third-order valence-corrected chi connectivity index (χ3v) is 13.0. The Morgan fingerprint density at radius 2 is 2.06 bits per heavy atom. The van der Waals surface area contributed by atoms with Gasteiger partial charge in [0.1, 0.15) is 0 Å². The van der Waals surface area contributed by atoms with E-state index in [2.05, 4.69) is 10.6 Å². The van der Waals surface area contributed by atoms with Gasteiger partial charge in [-0.1, -0.05) is 0 Å². The molecule has 0 aromatic carbocycles. The van der Waals surface area contributed by atoms with Crippen LogP contribution in [0.3, 0.4) is 0 Å². The Balaban J connectivity index is 1.44. The summed E-state index contributed by atoms with van der Waals surface area (Å²) in [5, 5.41) is 15.4. The second-order valence-corrected chi connectivity index (χ2v) is 15.6. The SMILES string of the molecule is COC(=O)[C@@H]1CC(OCCCCO)CN1C(=O)C(NC(=O)CC1=CNC2CI12)C1CCCCC1. The van der Waals surface area contributed by atoms with Gasteiger partial charge in [0.15, 0.2) is 0 Å². The summed E-state index contributed by atoms with van der Waals surface area (Å²) >= 11 is -1.11. The Morgan fingerprint density at radius 1 is 1.26 bits per heavy atom. The van der Waals surface area contributed by atoms with E-state index < -0.39 is 37.9 Å². The number of carbonyl (C=O) groups is 3. The number of hydrogen-bond donors (Lipinski definition) is 3. The molecule has 192 valence electrons. The Bertz CT molecular complexity index is 787. The summed E-state index contributed by atoms with van der Waals surface area (Å²) in [6, 6.07) is -1.33. The van der Waals surface area contributed by atoms with E-state index in [1.807, 2.05) is 6.20 Å². The van der Waals surface area contributed by atoms with Crippen LogP contribution in [0.15, 0.2) is 9.78 Å². The second kappa shape index (κ2) is 12.0. The number of alkyl halides is 2. The predicted octanol–water partition coefficient (Wildman–Crippen LogP) is 1.66. The molecule has 34 heavy (non-hydrogen) atoms. The van der Waals surface area contributed by atoms with Gasteiger partial charge in [0.05, 0.1) is 0 Å². The fourth-order valence-corrected chi connectivity index (χ4v) is 10.9. The molecule has 9 nitrogen and oxygen atoms in total. The molecule has 3 heterocycles. The first-order chi connectivity index (χ1) is 16.5. The van der Waals surface area contributed by atoms with Gasteiger partial charge >= 0.3 is 191 Å². The minimum absolute atomic E-state index is 0.0798. The number of nitrogens with one attached hydrogen (secondary N) is 2. The van der Waals surface area contributed by atoms with Crippen LogP contribution in [0.4, 0.5) is 0 Å². The molecule has 4 rings (SSSR count). The van der Waals surface area contributed by atoms with E-state index in [9.17, 15) is 14.4 Å². The van der Waals surface area contributed by atoms with Crippen LogP contribution in [0.1, 0.15) is 57.8 Å². The number of likely N-dealkylation sites (tertiary alicyclic amines) is 1. The fraction of sp³-hybridized carbons (Fsp3) is 0.792. The topological polar surface area (TPSA) is 117 Å². The molecule has 0 aromatic heterocycles. The molecule has 4 atom stereocenters. The van der Waals surface area contributed by atoms with Gasteiger partial charge in [-0.2, -0.15) is 0 Å². The summed E-state index contributed by atoms with van der Waals surface area (Å²) in [6.07, 6.45) is 8.95. The summed E-state index contributed by atoms with van der Waals surface area (Å²) in [5.74, 6) is -0.653. The third kappa shape index (κ3) is 6.23. The number of ether oxygens (including phenoxy) is 2. The maximum absolute atomic E-state index is 13.8. The van der Waals surface area contributed by atoms with Crippen molar-refractivity contribution in [3.05, 3.63) is 9.78 Å². The Hall–Kier alpha value is -1.40. The number of hydrogen-bond acceptors (Lipinski definition) is 7. The minimum atomic E-state index is -1.11. The van der Waals surface area contributed by atoms with Crippen molar-refractivity contribution in [2.45, 2.75) is 80.0 Å². The third-order valence-electron chi connectivity index (χ3n) is 7.21. The molecule has 0 bridgehead atoms. The van der Waals surface area contributed by atoms with Gasteiger partial charge in [0, 0.05) is 6.61 Å². The molecular formula is C24H38IN3O6. The number of fused-ring (bicyclic) bond motifs is 1. The van der Waals surface area contributed by atoms with Crippen molar-refractivity contribution in [1.29, 1.82) is 0 Å². The van der Waals surface area contributed by atoms with Gasteiger partial charge in [-0.3, -0.25) is 0 Å². The van der Waals surface area contributed by atoms with Crippen molar-refractivity contribution in [2.75, 3.05) is 31.3 Å². The molecule has 0 aromatic rings. The molecule has 3 N–H and O–H groups in total. The maximum atomic E-state index is 13.8. The van der Waals surface area contributed by atoms with Crippen molar-refractivity contribution >= 4 is 37.6 Å². The second-order valence-electron chi connectivity index (χ2n) is 9.59. The van der Waals surface area contributed by atoms with E-state index in [4.69, 9.17) is 14.6 Å². The number of carbonyl (C=O) groups excluding carboxylic acids is 3. The van der Waals surface area contributed by atoms with Crippen LogP contribution in [0.25, 0.3) is 0 Å². The average Bonchev–Trinajstić information content (AvgIpc) is 3.35. The molecule has 4 aliphatic rings. The molecule has 3 unspecified atom stereocenters. The van der Waals surface area contributed by atoms with Gasteiger partial charge in [-0.05, 0) is 6.42 Å². The Labute approximate surface area is 208 Å². The Kier molecular flexibility index (Phi) is 9.09. The fourth-order valence-electron chi connectivity index (χ4n) is 5.28. The molecule has 0 radical (unpaired) electrons. The van der Waals surface area contributed by atoms with Crippen LogP contribution >= 0.6 is 19.8 Å². The van der Waals surface area contributed by atoms with Gasteiger partial charge in [0.2, 0.25) is 0 Å². The number of nitrogens with zero attached hydrogens (tertiary/aromatic N) is 1. The van der Waals surface area contributed by atoms with Gasteiger partial charge in [-0.25, -0.2) is 0 Å². The molecule has 2 amide bonds. The molecular weight excluding hydrogens is 553 g/mol. The molecule has 10 heteroatoms. The monoisotopic (exact) mass is 591 g/mol. The van der Waals surface area contributed by atoms with Crippen LogP contribution in [0, 0.1) is 5.92 Å². The summed E-state index contributed by atoms with van der Waals surface area (Å²) < 4.78 is 14.1. The zero-order valence-electron chi connectivity index (χ0n) is 20.0. The molecule has 1 aliphatic carbocycles. The number of unbranched alkanes of at least 4 members (excludes halogenated alkanes) is 1. The predicted molar refractivity (Wildman–Crippen MR) is 135 cm³/mol. The summed E-state index contributed by atoms with van der Waals surface area (Å²) in [6.45, 7) is 0.895. The van der Waals surface area contributed by atoms with Crippen molar-refractivity contribution in [2.24, 2.45) is 5.92 Å². The van der Waals surface area contributed by atoms with E-state index in [1.165, 1.54) is 15.1 Å². The van der Waals surface area contributed by atoms with E-state index in [1.54, 1.807) is 4.90 Å². The average molecular weight is 591 g/mol. The first kappa shape index (κ1) is 25.7. The molecule has 2 saturated heterocycles. The summed E-state index contributed by atoms with van der Waals surface area (Å²) in [4.78, 5) is 41.0. The van der Waals surface area contributed by atoms with Crippen LogP contribution in [-0.4, -0.2) is 81.3 Å².